The second-order valence-electron chi connectivity index (χ2n) is 3.86. The zero-order valence-electron chi connectivity index (χ0n) is 9.38. The van der Waals surface area contributed by atoms with E-state index >= 15 is 0 Å². The van der Waals surface area contributed by atoms with Gasteiger partial charge in [0.25, 0.3) is 0 Å². The van der Waals surface area contributed by atoms with Gasteiger partial charge in [0.1, 0.15) is 0 Å². The van der Waals surface area contributed by atoms with Crippen LogP contribution in [0.5, 0.6) is 0 Å². The van der Waals surface area contributed by atoms with Gasteiger partial charge in [0.15, 0.2) is 0 Å². The van der Waals surface area contributed by atoms with Gasteiger partial charge in [-0.1, -0.05) is 26.7 Å². The minimum atomic E-state index is 0.486. The lowest BCUT2D eigenvalue weighted by molar-refractivity contribution is 0.203. The molecular weight excluding hydrogens is 160 g/mol. The van der Waals surface area contributed by atoms with Crippen LogP contribution < -0.4 is 0 Å². The van der Waals surface area contributed by atoms with Gasteiger partial charge in [0, 0.05) is 12.6 Å². The third-order valence-electron chi connectivity index (χ3n) is 2.65. The normalized spacial score (nSPS) is 11.2. The molecule has 0 aliphatic heterocycles. The van der Waals surface area contributed by atoms with E-state index in [0.29, 0.717) is 12.6 Å². The van der Waals surface area contributed by atoms with Gasteiger partial charge in [-0.2, -0.15) is 5.26 Å². The fourth-order valence-electron chi connectivity index (χ4n) is 1.43. The summed E-state index contributed by atoms with van der Waals surface area (Å²) in [6, 6.07) is 2.71. The number of rotatable bonds is 6. The molecule has 0 fully saturated rings. The third-order valence-corrected chi connectivity index (χ3v) is 2.65. The molecule has 0 bridgehead atoms. The summed E-state index contributed by atoms with van der Waals surface area (Å²) in [4.78, 5) is 2.25. The zero-order chi connectivity index (χ0) is 10.3. The maximum absolute atomic E-state index is 8.65. The molecule has 0 aromatic rings. The lowest BCUT2D eigenvalue weighted by atomic mass is 10.0. The molecule has 0 rings (SSSR count). The predicted octanol–water partition coefficient (Wildman–Crippen LogP) is 2.66. The first kappa shape index (κ1) is 12.4. The highest BCUT2D eigenvalue weighted by Crippen LogP contribution is 2.11. The van der Waals surface area contributed by atoms with E-state index in [2.05, 4.69) is 38.7 Å². The monoisotopic (exact) mass is 182 g/mol. The Kier molecular flexibility index (Phi) is 6.62. The van der Waals surface area contributed by atoms with E-state index in [1.54, 1.807) is 0 Å². The fraction of sp³-hybridized carbons (Fsp3) is 0.909. The Bertz CT molecular complexity index is 154. The molecule has 0 heterocycles. The van der Waals surface area contributed by atoms with Crippen LogP contribution in [0.1, 0.15) is 40.5 Å². The first-order chi connectivity index (χ1) is 6.15. The van der Waals surface area contributed by atoms with Crippen molar-refractivity contribution >= 4 is 0 Å². The standard InChI is InChI=1S/C11H22N2/c1-5-11(6-2)9-13(8-7-12)10(3)4/h10-11H,5-6,8-9H2,1-4H3. The second-order valence-corrected chi connectivity index (χ2v) is 3.86. The second kappa shape index (κ2) is 6.91. The lowest BCUT2D eigenvalue weighted by Gasteiger charge is -2.27. The van der Waals surface area contributed by atoms with Crippen LogP contribution in [0.15, 0.2) is 0 Å². The third kappa shape index (κ3) is 4.90. The Balaban J connectivity index is 4.01. The van der Waals surface area contributed by atoms with Crippen molar-refractivity contribution in [1.82, 2.24) is 4.90 Å². The van der Waals surface area contributed by atoms with E-state index in [1.807, 2.05) is 0 Å². The van der Waals surface area contributed by atoms with Crippen molar-refractivity contribution in [3.05, 3.63) is 0 Å². The molecule has 2 heteroatoms. The van der Waals surface area contributed by atoms with Crippen LogP contribution in [0.3, 0.4) is 0 Å². The molecule has 0 amide bonds. The number of nitriles is 1. The highest BCUT2D eigenvalue weighted by molar-refractivity contribution is 4.79. The molecule has 76 valence electrons. The first-order valence-corrected chi connectivity index (χ1v) is 5.26. The Morgan fingerprint density at radius 1 is 1.23 bits per heavy atom. The van der Waals surface area contributed by atoms with Gasteiger partial charge in [-0.05, 0) is 19.8 Å². The van der Waals surface area contributed by atoms with E-state index in [1.165, 1.54) is 12.8 Å². The van der Waals surface area contributed by atoms with Crippen molar-refractivity contribution in [3.63, 3.8) is 0 Å². The van der Waals surface area contributed by atoms with Gasteiger partial charge in [-0.3, -0.25) is 4.90 Å². The minimum absolute atomic E-state index is 0.486. The number of hydrogen-bond donors (Lipinski definition) is 0. The summed E-state index contributed by atoms with van der Waals surface area (Å²) in [5.74, 6) is 0.746. The topological polar surface area (TPSA) is 27.0 Å². The molecule has 0 aromatic carbocycles. The molecule has 0 atom stereocenters. The summed E-state index contributed by atoms with van der Waals surface area (Å²) in [6.07, 6.45) is 2.43. The van der Waals surface area contributed by atoms with Crippen LogP contribution in [0.2, 0.25) is 0 Å². The molecule has 0 aromatic heterocycles. The highest BCUT2D eigenvalue weighted by atomic mass is 15.1. The first-order valence-electron chi connectivity index (χ1n) is 5.26. The average Bonchev–Trinajstić information content (AvgIpc) is 2.11. The van der Waals surface area contributed by atoms with Gasteiger partial charge in [-0.15, -0.1) is 0 Å². The zero-order valence-corrected chi connectivity index (χ0v) is 9.38. The van der Waals surface area contributed by atoms with Crippen LogP contribution in [-0.2, 0) is 0 Å². The summed E-state index contributed by atoms with van der Waals surface area (Å²) in [5, 5.41) is 8.65. The van der Waals surface area contributed by atoms with Crippen molar-refractivity contribution in [3.8, 4) is 6.07 Å². The average molecular weight is 182 g/mol. The van der Waals surface area contributed by atoms with Gasteiger partial charge in [-0.25, -0.2) is 0 Å². The van der Waals surface area contributed by atoms with Crippen molar-refractivity contribution < 1.29 is 0 Å². The quantitative estimate of drug-likeness (QED) is 0.590. The fourth-order valence-corrected chi connectivity index (χ4v) is 1.43. The Hall–Kier alpha value is -0.550. The van der Waals surface area contributed by atoms with Crippen molar-refractivity contribution in [2.24, 2.45) is 5.92 Å². The smallest absolute Gasteiger partial charge is 0.0868 e. The molecule has 0 spiro atoms. The molecule has 13 heavy (non-hydrogen) atoms. The molecule has 0 N–H and O–H groups in total. The summed E-state index contributed by atoms with van der Waals surface area (Å²) < 4.78 is 0. The van der Waals surface area contributed by atoms with E-state index in [4.69, 9.17) is 5.26 Å². The summed E-state index contributed by atoms with van der Waals surface area (Å²) >= 11 is 0. The Morgan fingerprint density at radius 3 is 2.08 bits per heavy atom. The largest absolute Gasteiger partial charge is 0.288 e. The van der Waals surface area contributed by atoms with Crippen molar-refractivity contribution in [1.29, 1.82) is 5.26 Å². The molecule has 0 radical (unpaired) electrons. The van der Waals surface area contributed by atoms with E-state index in [0.717, 1.165) is 12.5 Å². The van der Waals surface area contributed by atoms with Crippen LogP contribution in [0.4, 0.5) is 0 Å². The maximum Gasteiger partial charge on any atom is 0.0868 e. The number of hydrogen-bond acceptors (Lipinski definition) is 2. The maximum atomic E-state index is 8.65. The van der Waals surface area contributed by atoms with E-state index in [-0.39, 0.29) is 0 Å². The SMILES string of the molecule is CCC(CC)CN(CC#N)C(C)C. The van der Waals surface area contributed by atoms with Crippen LogP contribution in [0, 0.1) is 17.2 Å². The summed E-state index contributed by atoms with van der Waals surface area (Å²) in [5.41, 5.74) is 0. The summed E-state index contributed by atoms with van der Waals surface area (Å²) in [7, 11) is 0. The minimum Gasteiger partial charge on any atom is -0.288 e. The molecule has 0 aliphatic rings. The van der Waals surface area contributed by atoms with Crippen molar-refractivity contribution in [2.75, 3.05) is 13.1 Å². The lowest BCUT2D eigenvalue weighted by Crippen LogP contribution is -2.35. The highest BCUT2D eigenvalue weighted by Gasteiger charge is 2.13. The van der Waals surface area contributed by atoms with Gasteiger partial charge in [0.2, 0.25) is 0 Å². The predicted molar refractivity (Wildman–Crippen MR) is 56.4 cm³/mol. The molecule has 0 saturated carbocycles. The van der Waals surface area contributed by atoms with E-state index in [9.17, 15) is 0 Å². The van der Waals surface area contributed by atoms with Gasteiger partial charge in [0.05, 0.1) is 12.6 Å². The molecule has 0 aliphatic carbocycles. The van der Waals surface area contributed by atoms with E-state index < -0.39 is 0 Å². The van der Waals surface area contributed by atoms with Gasteiger partial charge >= 0.3 is 0 Å². The molecular formula is C11H22N2. The number of nitrogens with zero attached hydrogens (tertiary/aromatic N) is 2. The Morgan fingerprint density at radius 2 is 1.77 bits per heavy atom. The molecule has 0 unspecified atom stereocenters. The Labute approximate surface area is 82.5 Å². The molecule has 2 nitrogen and oxygen atoms in total. The van der Waals surface area contributed by atoms with Crippen LogP contribution in [-0.4, -0.2) is 24.0 Å². The van der Waals surface area contributed by atoms with Crippen molar-refractivity contribution in [2.45, 2.75) is 46.6 Å². The van der Waals surface area contributed by atoms with Crippen LogP contribution >= 0.6 is 0 Å². The van der Waals surface area contributed by atoms with Gasteiger partial charge < -0.3 is 0 Å². The van der Waals surface area contributed by atoms with Crippen LogP contribution in [0.25, 0.3) is 0 Å². The molecule has 0 saturated heterocycles. The summed E-state index contributed by atoms with van der Waals surface area (Å²) in [6.45, 7) is 10.4.